The third-order valence-corrected chi connectivity index (χ3v) is 6.04. The molecule has 0 bridgehead atoms. The highest BCUT2D eigenvalue weighted by atomic mass is 16.6. The van der Waals surface area contributed by atoms with Crippen molar-refractivity contribution < 1.29 is 19.4 Å². The third kappa shape index (κ3) is 5.76. The number of anilines is 2. The number of nitrogens with one attached hydrogen (secondary N) is 1. The summed E-state index contributed by atoms with van der Waals surface area (Å²) in [5, 5.41) is 25.4. The highest BCUT2D eigenvalue weighted by molar-refractivity contribution is 5.85. The second-order valence-corrected chi connectivity index (χ2v) is 8.42. The summed E-state index contributed by atoms with van der Waals surface area (Å²) in [5.41, 5.74) is 1.62. The van der Waals surface area contributed by atoms with Gasteiger partial charge in [0.25, 0.3) is 0 Å². The number of amides is 1. The first-order valence-electron chi connectivity index (χ1n) is 11.4. The van der Waals surface area contributed by atoms with E-state index in [0.717, 1.165) is 37.3 Å². The van der Waals surface area contributed by atoms with Crippen LogP contribution in [0.1, 0.15) is 43.4 Å². The van der Waals surface area contributed by atoms with Crippen LogP contribution in [0.25, 0.3) is 5.69 Å². The molecule has 0 saturated carbocycles. The van der Waals surface area contributed by atoms with E-state index in [-0.39, 0.29) is 23.7 Å². The molecule has 2 N–H and O–H groups in total. The smallest absolute Gasteiger partial charge is 0.413 e. The molecule has 1 amide bonds. The fraction of sp³-hybridized carbons (Fsp3) is 0.320. The second-order valence-electron chi connectivity index (χ2n) is 8.42. The quantitative estimate of drug-likeness (QED) is 0.522. The fourth-order valence-corrected chi connectivity index (χ4v) is 4.13. The number of nitrogens with zero attached hydrogens (tertiary/aromatic N) is 5. The van der Waals surface area contributed by atoms with Gasteiger partial charge in [-0.1, -0.05) is 30.3 Å². The van der Waals surface area contributed by atoms with Crippen molar-refractivity contribution in [1.82, 2.24) is 14.8 Å². The molecular weight excluding hydrogens is 448 g/mol. The molecular formula is C25H26N6O4. The highest BCUT2D eigenvalue weighted by Gasteiger charge is 2.23. The van der Waals surface area contributed by atoms with Crippen molar-refractivity contribution >= 4 is 23.7 Å². The average Bonchev–Trinajstić information content (AvgIpc) is 3.27. The summed E-state index contributed by atoms with van der Waals surface area (Å²) in [6, 6.07) is 15.0. The minimum absolute atomic E-state index is 0.189. The number of rotatable bonds is 7. The number of piperidine rings is 1. The molecule has 1 fully saturated rings. The Morgan fingerprint density at radius 3 is 2.57 bits per heavy atom. The van der Waals surface area contributed by atoms with Crippen LogP contribution in [0.5, 0.6) is 0 Å². The van der Waals surface area contributed by atoms with Crippen LogP contribution in [0.15, 0.2) is 54.9 Å². The van der Waals surface area contributed by atoms with Crippen molar-refractivity contribution in [2.75, 3.05) is 23.3 Å². The van der Waals surface area contributed by atoms with Crippen LogP contribution in [0.4, 0.5) is 16.4 Å². The lowest BCUT2D eigenvalue weighted by atomic mass is 9.94. The van der Waals surface area contributed by atoms with Gasteiger partial charge in [0.1, 0.15) is 23.6 Å². The van der Waals surface area contributed by atoms with Crippen LogP contribution >= 0.6 is 0 Å². The first kappa shape index (κ1) is 23.8. The number of hydrogen-bond acceptors (Lipinski definition) is 7. The second kappa shape index (κ2) is 10.7. The summed E-state index contributed by atoms with van der Waals surface area (Å²) in [7, 11) is 0. The Kier molecular flexibility index (Phi) is 7.26. The van der Waals surface area contributed by atoms with Gasteiger partial charge in [0.15, 0.2) is 5.82 Å². The first-order chi connectivity index (χ1) is 16.9. The van der Waals surface area contributed by atoms with Gasteiger partial charge in [-0.25, -0.2) is 14.5 Å². The van der Waals surface area contributed by atoms with Gasteiger partial charge in [0, 0.05) is 19.5 Å². The molecule has 1 aromatic carbocycles. The summed E-state index contributed by atoms with van der Waals surface area (Å²) in [5.74, 6) is 0.404. The van der Waals surface area contributed by atoms with Crippen molar-refractivity contribution in [3.05, 3.63) is 66.0 Å². The lowest BCUT2D eigenvalue weighted by molar-refractivity contribution is -0.138. The summed E-state index contributed by atoms with van der Waals surface area (Å²) in [6.45, 7) is 3.25. The predicted molar refractivity (Wildman–Crippen MR) is 128 cm³/mol. The number of carbonyl (C=O) groups is 2. The Bertz CT molecular complexity index is 1210. The molecule has 1 atom stereocenters. The van der Waals surface area contributed by atoms with Gasteiger partial charge in [0.05, 0.1) is 18.1 Å². The van der Waals surface area contributed by atoms with Gasteiger partial charge in [0.2, 0.25) is 0 Å². The van der Waals surface area contributed by atoms with E-state index in [1.54, 1.807) is 13.1 Å². The number of pyridine rings is 1. The van der Waals surface area contributed by atoms with Crippen LogP contribution in [-0.4, -0.2) is 45.0 Å². The SMILES string of the molecule is CC(OC(=O)Nc1c(C#N)cnn1-c1ccc(N2CCC(CC(=O)O)CC2)nc1)c1ccccc1. The molecule has 1 saturated heterocycles. The molecule has 10 nitrogen and oxygen atoms in total. The minimum Gasteiger partial charge on any atom is -0.481 e. The maximum absolute atomic E-state index is 12.6. The van der Waals surface area contributed by atoms with Gasteiger partial charge < -0.3 is 14.7 Å². The van der Waals surface area contributed by atoms with Gasteiger partial charge in [-0.05, 0) is 43.4 Å². The Morgan fingerprint density at radius 1 is 1.20 bits per heavy atom. The first-order valence-corrected chi connectivity index (χ1v) is 11.4. The maximum Gasteiger partial charge on any atom is 0.413 e. The molecule has 1 aliphatic rings. The lowest BCUT2D eigenvalue weighted by Gasteiger charge is -2.32. The molecule has 0 aliphatic carbocycles. The molecule has 35 heavy (non-hydrogen) atoms. The van der Waals surface area contributed by atoms with Gasteiger partial charge in [-0.15, -0.1) is 0 Å². The van der Waals surface area contributed by atoms with Crippen LogP contribution in [0, 0.1) is 17.2 Å². The number of carboxylic acid groups (broad SMARTS) is 1. The van der Waals surface area contributed by atoms with Crippen molar-refractivity contribution in [1.29, 1.82) is 5.26 Å². The number of benzene rings is 1. The van der Waals surface area contributed by atoms with Crippen molar-refractivity contribution in [3.63, 3.8) is 0 Å². The number of carbonyl (C=O) groups excluding carboxylic acids is 1. The van der Waals surface area contributed by atoms with E-state index in [9.17, 15) is 14.9 Å². The van der Waals surface area contributed by atoms with Crippen LogP contribution in [0.3, 0.4) is 0 Å². The summed E-state index contributed by atoms with van der Waals surface area (Å²) >= 11 is 0. The molecule has 4 rings (SSSR count). The number of aliphatic carboxylic acids is 1. The number of nitriles is 1. The summed E-state index contributed by atoms with van der Waals surface area (Å²) in [4.78, 5) is 30.1. The molecule has 1 unspecified atom stereocenters. The highest BCUT2D eigenvalue weighted by Crippen LogP contribution is 2.26. The van der Waals surface area contributed by atoms with E-state index < -0.39 is 18.2 Å². The van der Waals surface area contributed by atoms with Gasteiger partial charge >= 0.3 is 12.1 Å². The van der Waals surface area contributed by atoms with E-state index in [1.165, 1.54) is 10.9 Å². The summed E-state index contributed by atoms with van der Waals surface area (Å²) < 4.78 is 6.90. The number of hydrogen-bond donors (Lipinski definition) is 2. The summed E-state index contributed by atoms with van der Waals surface area (Å²) in [6.07, 6.45) is 3.62. The standard InChI is InChI=1S/C25H26N6O4/c1-17(19-5-3-2-4-6-19)35-25(34)29-24-20(14-26)15-28-31(24)21-7-8-22(27-16-21)30-11-9-18(10-12-30)13-23(32)33/h2-8,15-18H,9-13H2,1H3,(H,29,34)(H,32,33). The van der Waals surface area contributed by atoms with Crippen molar-refractivity contribution in [3.8, 4) is 11.8 Å². The van der Waals surface area contributed by atoms with Crippen LogP contribution < -0.4 is 10.2 Å². The van der Waals surface area contributed by atoms with E-state index in [0.29, 0.717) is 5.69 Å². The molecule has 2 aromatic heterocycles. The molecule has 3 heterocycles. The number of carboxylic acids is 1. The topological polar surface area (TPSA) is 133 Å². The van der Waals surface area contributed by atoms with Gasteiger partial charge in [-0.2, -0.15) is 10.4 Å². The Hall–Kier alpha value is -4.39. The van der Waals surface area contributed by atoms with Crippen LogP contribution in [-0.2, 0) is 9.53 Å². The van der Waals surface area contributed by atoms with E-state index in [1.807, 2.05) is 48.5 Å². The minimum atomic E-state index is -0.760. The monoisotopic (exact) mass is 474 g/mol. The van der Waals surface area contributed by atoms with E-state index in [4.69, 9.17) is 9.84 Å². The lowest BCUT2D eigenvalue weighted by Crippen LogP contribution is -2.34. The largest absolute Gasteiger partial charge is 0.481 e. The Labute approximate surface area is 202 Å². The zero-order valence-electron chi connectivity index (χ0n) is 19.3. The van der Waals surface area contributed by atoms with Crippen molar-refractivity contribution in [2.45, 2.75) is 32.3 Å². The Balaban J connectivity index is 1.44. The molecule has 0 radical (unpaired) electrons. The number of ether oxygens (including phenoxy) is 1. The maximum atomic E-state index is 12.6. The van der Waals surface area contributed by atoms with E-state index in [2.05, 4.69) is 20.3 Å². The zero-order valence-corrected chi connectivity index (χ0v) is 19.3. The fourth-order valence-electron chi connectivity index (χ4n) is 4.13. The average molecular weight is 475 g/mol. The van der Waals surface area contributed by atoms with Crippen molar-refractivity contribution in [2.24, 2.45) is 5.92 Å². The van der Waals surface area contributed by atoms with E-state index >= 15 is 0 Å². The molecule has 3 aromatic rings. The molecule has 180 valence electrons. The molecule has 0 spiro atoms. The normalized spacial score (nSPS) is 14.7. The third-order valence-electron chi connectivity index (χ3n) is 6.04. The zero-order chi connectivity index (χ0) is 24.8. The molecule has 1 aliphatic heterocycles. The Morgan fingerprint density at radius 2 is 1.94 bits per heavy atom. The predicted octanol–water partition coefficient (Wildman–Crippen LogP) is 4.14. The number of aromatic nitrogens is 3. The van der Waals surface area contributed by atoms with Gasteiger partial charge in [-0.3, -0.25) is 10.1 Å². The molecule has 10 heteroatoms. The van der Waals surface area contributed by atoms with Crippen LogP contribution in [0.2, 0.25) is 0 Å².